The number of aliphatic hydroxyl groups is 6. The number of fused-ring (bicyclic) bond motifs is 6. The van der Waals surface area contributed by atoms with Crippen molar-refractivity contribution < 1.29 is 88.6 Å². The molecule has 0 radical (unpaired) electrons. The van der Waals surface area contributed by atoms with Gasteiger partial charge in [-0.1, -0.05) is 84.8 Å². The molecule has 2 aromatic heterocycles. The predicted octanol–water partition coefficient (Wildman–Crippen LogP) is 2.70. The predicted molar refractivity (Wildman–Crippen MR) is 358 cm³/mol. The van der Waals surface area contributed by atoms with Crippen molar-refractivity contribution in [3.05, 3.63) is 82.8 Å². The third-order valence-corrected chi connectivity index (χ3v) is 24.7. The Morgan fingerprint density at radius 1 is 0.938 bits per heavy atom. The van der Waals surface area contributed by atoms with Gasteiger partial charge in [0.1, 0.15) is 36.8 Å². The van der Waals surface area contributed by atoms with Crippen molar-refractivity contribution in [2.24, 2.45) is 23.2 Å². The molecule has 6 aliphatic heterocycles. The lowest BCUT2D eigenvalue weighted by Crippen LogP contribution is -2.81. The largest absolute Gasteiger partial charge is 0.496 e. The minimum Gasteiger partial charge on any atom is -0.496 e. The molecule has 8 heterocycles. The molecule has 11 N–H and O–H groups in total. The second-order valence-corrected chi connectivity index (χ2v) is 30.6. The fourth-order valence-electron chi connectivity index (χ4n) is 17.2. The van der Waals surface area contributed by atoms with Gasteiger partial charge >= 0.3 is 18.0 Å². The number of likely N-dealkylation sites (N-methyl/N-ethyl adjacent to an activating group) is 1. The number of carbonyl (C=O) groups is 6. The zero-order valence-corrected chi connectivity index (χ0v) is 57.6. The summed E-state index contributed by atoms with van der Waals surface area (Å²) in [4.78, 5) is 90.7. The normalized spacial score (nSPS) is 32.9. The Kier molecular flexibility index (Phi) is 21.4. The van der Waals surface area contributed by atoms with Gasteiger partial charge in [0.15, 0.2) is 29.6 Å². The average Bonchev–Trinajstić information content (AvgIpc) is 1.46. The van der Waals surface area contributed by atoms with E-state index in [2.05, 4.69) is 73.8 Å². The van der Waals surface area contributed by atoms with E-state index in [-0.39, 0.29) is 55.3 Å². The van der Waals surface area contributed by atoms with Crippen molar-refractivity contribution in [3.63, 3.8) is 0 Å². The van der Waals surface area contributed by atoms with Crippen molar-refractivity contribution in [1.29, 1.82) is 0 Å². The zero-order valence-electron chi connectivity index (χ0n) is 55.9. The lowest BCUT2D eigenvalue weighted by molar-refractivity contribution is -0.294. The second-order valence-electron chi connectivity index (χ2n) is 27.9. The Morgan fingerprint density at radius 2 is 1.71 bits per heavy atom. The summed E-state index contributed by atoms with van der Waals surface area (Å²) in [6.07, 6.45) is -2.54. The first-order chi connectivity index (χ1) is 46.2. The summed E-state index contributed by atoms with van der Waals surface area (Å²) in [5.74, 6) is -5.43. The molecule has 7 aliphatic rings. The number of anilines is 1. The van der Waals surface area contributed by atoms with Crippen LogP contribution in [0.3, 0.4) is 0 Å². The van der Waals surface area contributed by atoms with E-state index in [9.17, 15) is 64.8 Å². The summed E-state index contributed by atoms with van der Waals surface area (Å²) in [6.45, 7) is 12.2. The quantitative estimate of drug-likeness (QED) is 0.0232. The number of methoxy groups -OCH3 is 1. The number of carboxylic acid groups (broad SMARTS) is 2. The highest BCUT2D eigenvalue weighted by molar-refractivity contribution is 8.76. The van der Waals surface area contributed by atoms with Gasteiger partial charge in [0.05, 0.1) is 56.1 Å². The lowest BCUT2D eigenvalue weighted by atomic mass is 9.47. The van der Waals surface area contributed by atoms with E-state index in [4.69, 9.17) is 18.9 Å². The molecule has 27 nitrogen and oxygen atoms in total. The van der Waals surface area contributed by atoms with Gasteiger partial charge in [-0.05, 0) is 87.6 Å². The highest BCUT2D eigenvalue weighted by atomic mass is 33.1. The first kappa shape index (κ1) is 72.0. The maximum Gasteiger partial charge on any atom is 0.407 e. The van der Waals surface area contributed by atoms with Gasteiger partial charge in [-0.15, -0.1) is 5.10 Å². The Bertz CT molecular complexity index is 3630. The molecule has 29 heteroatoms. The van der Waals surface area contributed by atoms with Crippen LogP contribution in [-0.2, 0) is 68.4 Å². The van der Waals surface area contributed by atoms with Crippen molar-refractivity contribution in [2.75, 3.05) is 83.0 Å². The average molecular weight is 1390 g/mol. The Balaban J connectivity index is 0.746. The monoisotopic (exact) mass is 1390 g/mol. The molecule has 97 heavy (non-hydrogen) atoms. The molecule has 4 aromatic rings. The van der Waals surface area contributed by atoms with E-state index in [1.807, 2.05) is 43.2 Å². The van der Waals surface area contributed by atoms with E-state index in [1.165, 1.54) is 27.2 Å². The number of aromatic amines is 1. The number of carboxylic acids is 2. The van der Waals surface area contributed by atoms with Crippen LogP contribution in [0.4, 0.5) is 10.5 Å². The molecule has 4 unspecified atom stereocenters. The van der Waals surface area contributed by atoms with Crippen LogP contribution in [0.15, 0.2) is 54.7 Å². The Hall–Kier alpha value is -6.22. The van der Waals surface area contributed by atoms with Crippen molar-refractivity contribution in [2.45, 2.75) is 176 Å². The molecule has 2 bridgehead atoms. The van der Waals surface area contributed by atoms with Crippen molar-refractivity contribution >= 4 is 73.7 Å². The number of amides is 2. The first-order valence-corrected chi connectivity index (χ1v) is 36.2. The third-order valence-electron chi connectivity index (χ3n) is 22.2. The van der Waals surface area contributed by atoms with Crippen LogP contribution in [0.5, 0.6) is 5.75 Å². The number of aliphatic hydroxyl groups excluding tert-OH is 4. The molecule has 4 fully saturated rings. The van der Waals surface area contributed by atoms with E-state index in [0.717, 1.165) is 63.7 Å². The maximum atomic E-state index is 15.3. The Labute approximate surface area is 570 Å². The van der Waals surface area contributed by atoms with Gasteiger partial charge in [-0.3, -0.25) is 29.0 Å². The summed E-state index contributed by atoms with van der Waals surface area (Å²) in [5.41, 5.74) is 0.258. The fourth-order valence-corrected chi connectivity index (χ4v) is 19.3. The number of ketones is 2. The van der Waals surface area contributed by atoms with Gasteiger partial charge in [-0.25, -0.2) is 14.3 Å². The van der Waals surface area contributed by atoms with Gasteiger partial charge in [0, 0.05) is 126 Å². The topological polar surface area (TPSA) is 381 Å². The van der Waals surface area contributed by atoms with Crippen molar-refractivity contribution in [1.82, 2.24) is 40.4 Å². The number of rotatable bonds is 27. The van der Waals surface area contributed by atoms with Crippen LogP contribution in [0.2, 0.25) is 0 Å². The van der Waals surface area contributed by atoms with Crippen LogP contribution in [0.25, 0.3) is 10.9 Å². The summed E-state index contributed by atoms with van der Waals surface area (Å²) >= 11 is 0. The van der Waals surface area contributed by atoms with Crippen LogP contribution in [0, 0.1) is 23.2 Å². The van der Waals surface area contributed by atoms with E-state index in [0.29, 0.717) is 63.9 Å². The number of H-pyrrole nitrogens is 1. The molecule has 18 atom stereocenters. The molecule has 2 amide bonds. The number of alkyl carbamates (subject to hydrolysis) is 1. The summed E-state index contributed by atoms with van der Waals surface area (Å²) < 4.78 is 23.9. The molecule has 530 valence electrons. The molecule has 2 aromatic carbocycles. The molecule has 11 rings (SSSR count). The standard InChI is InChI=1S/C68H93N9O18S2/c1-8-37(4)56(83)71-46(27-40-34-77(73-72-40)22-23-93-59-53(82)51(80)52(81)54(95-59)58(86)87)48(78)26-39(57(84)85)35-97-96-25-24-94-63(89)69-32-50(79)68(91)61-67(18-21-76-19-13-17-66(10-3,60(67)76)62(68)88)43-28-44(49(92-7)29-47(43)74(61)6)64(5)30-38-31-65(90,9-2)36-75(33-38)20-16-42-41-14-11-12-15-45(41)70-55(42)64/h11-15,17,28-29,34,37-39,46,51-54,59-62,70,80-82,88,90-91H,8-10,16,18-27,30-33,35-36H2,1-7H3,(H,69,89)(H,71,83)(H,84,85)(H,86,87)/t37-,38+,39+,46+,51+,52?,53+,54?,59?,60+,61-,62-,64-,65+,66-,67-,68+/m1/s1. The molecule has 1 saturated carbocycles. The Morgan fingerprint density at radius 3 is 2.43 bits per heavy atom. The number of hydrogen-bond acceptors (Lipinski definition) is 23. The minimum absolute atomic E-state index is 0.0256. The number of ether oxygens (including phenoxy) is 4. The lowest BCUT2D eigenvalue weighted by Gasteiger charge is -2.63. The number of carbonyl (C=O) groups excluding carboxylic acids is 4. The maximum absolute atomic E-state index is 15.3. The van der Waals surface area contributed by atoms with E-state index >= 15 is 4.79 Å². The molecule has 3 saturated heterocycles. The van der Waals surface area contributed by atoms with Crippen molar-refractivity contribution in [3.8, 4) is 5.75 Å². The fraction of sp³-hybridized carbons (Fsp3) is 0.647. The highest BCUT2D eigenvalue weighted by Gasteiger charge is 2.78. The molecule has 1 spiro atoms. The molecular formula is C68H93N9O18S2. The number of Topliss-reactive ketones (excluding diaryl/α,β-unsaturated/α-hetero) is 2. The first-order valence-electron chi connectivity index (χ1n) is 33.7. The SMILES string of the molecule is CC[C@@H](C)C(=O)N[C@@H](Cc1cn(CCOC2OC(C(=O)O)C(O)[C@H](O)[C@@H]2O)nn1)C(=O)C[C@@H](CSSCCOC(=O)NCC(=O)[C@@]1(O)[C@H](O)[C@]2(CC)C=CCN3CC[C@@]4(c5cc([C@@]6(C)C[C@@H]7CN(CCc8c6[nH]c6ccccc86)C[C@](O)(CC)C7)c(OC)cc5N(C)[C@@H]14)[C@@H]32)C(=O)O. The summed E-state index contributed by atoms with van der Waals surface area (Å²) in [7, 11) is 5.85. The second kappa shape index (κ2) is 28.8. The van der Waals surface area contributed by atoms with Gasteiger partial charge in [-0.2, -0.15) is 0 Å². The summed E-state index contributed by atoms with van der Waals surface area (Å²) in [5, 5.41) is 103. The molecule has 1 aliphatic carbocycles. The number of benzene rings is 2. The van der Waals surface area contributed by atoms with Gasteiger partial charge < -0.3 is 80.3 Å². The van der Waals surface area contributed by atoms with Crippen LogP contribution < -0.4 is 20.3 Å². The number of para-hydroxylation sites is 1. The third kappa shape index (κ3) is 13.2. The smallest absolute Gasteiger partial charge is 0.407 e. The molecular weight excluding hydrogens is 1290 g/mol. The summed E-state index contributed by atoms with van der Waals surface area (Å²) in [6, 6.07) is 10.2. The zero-order chi connectivity index (χ0) is 69.7. The van der Waals surface area contributed by atoms with Crippen LogP contribution in [0.1, 0.15) is 108 Å². The van der Waals surface area contributed by atoms with Gasteiger partial charge in [0.25, 0.3) is 0 Å². The van der Waals surface area contributed by atoms with Crippen LogP contribution in [-0.4, -0.2) is 250 Å². The number of aromatic nitrogens is 4. The van der Waals surface area contributed by atoms with E-state index < -0.39 is 137 Å². The van der Waals surface area contributed by atoms with Crippen LogP contribution >= 0.6 is 21.6 Å². The number of aliphatic carboxylic acids is 2. The number of hydrogen-bond donors (Lipinski definition) is 11. The van der Waals surface area contributed by atoms with E-state index in [1.54, 1.807) is 21.0 Å². The van der Waals surface area contributed by atoms with Gasteiger partial charge in [0.2, 0.25) is 5.91 Å². The number of nitrogens with zero attached hydrogens (tertiary/aromatic N) is 6. The number of nitrogens with one attached hydrogen (secondary N) is 3. The number of piperidine rings is 1. The minimum atomic E-state index is -2.44. The highest BCUT2D eigenvalue weighted by Crippen LogP contribution is 2.68.